The van der Waals surface area contributed by atoms with E-state index in [0.717, 1.165) is 49.7 Å². The minimum Gasteiger partial charge on any atom is -0.459 e. The first-order valence-corrected chi connectivity index (χ1v) is 12.8. The first-order chi connectivity index (χ1) is 16.1. The van der Waals surface area contributed by atoms with Gasteiger partial charge in [-0.05, 0) is 86.1 Å². The number of ether oxygens (including phenoxy) is 2. The van der Waals surface area contributed by atoms with Crippen molar-refractivity contribution in [2.75, 3.05) is 6.61 Å². The van der Waals surface area contributed by atoms with Crippen LogP contribution in [-0.4, -0.2) is 24.8 Å². The molecule has 0 atom stereocenters. The van der Waals surface area contributed by atoms with Crippen molar-refractivity contribution < 1.29 is 14.3 Å². The van der Waals surface area contributed by atoms with Gasteiger partial charge in [0.1, 0.15) is 6.10 Å². The molecule has 2 aromatic carbocycles. The molecule has 0 aromatic heterocycles. The van der Waals surface area contributed by atoms with Gasteiger partial charge in [-0.1, -0.05) is 68.3 Å². The lowest BCUT2D eigenvalue weighted by Crippen LogP contribution is -2.28. The van der Waals surface area contributed by atoms with Crippen molar-refractivity contribution >= 4 is 18.1 Å². The Bertz CT molecular complexity index is 897. The lowest BCUT2D eigenvalue weighted by Gasteiger charge is -2.28. The van der Waals surface area contributed by atoms with Crippen molar-refractivity contribution in [1.82, 2.24) is 0 Å². The molecular formula is C30H38O3. The number of benzene rings is 2. The third kappa shape index (κ3) is 6.80. The molecule has 0 heterocycles. The second-order valence-corrected chi connectivity index (χ2v) is 9.84. The summed E-state index contributed by atoms with van der Waals surface area (Å²) < 4.78 is 11.4. The van der Waals surface area contributed by atoms with E-state index in [9.17, 15) is 4.79 Å². The van der Waals surface area contributed by atoms with E-state index in [2.05, 4.69) is 43.3 Å². The quantitative estimate of drug-likeness (QED) is 0.323. The molecule has 0 aliphatic heterocycles. The summed E-state index contributed by atoms with van der Waals surface area (Å²) in [5.41, 5.74) is 4.38. The summed E-state index contributed by atoms with van der Waals surface area (Å²) in [5, 5.41) is 0. The zero-order valence-electron chi connectivity index (χ0n) is 20.2. The van der Waals surface area contributed by atoms with E-state index in [1.165, 1.54) is 36.8 Å². The van der Waals surface area contributed by atoms with Crippen LogP contribution in [0.3, 0.4) is 0 Å². The van der Waals surface area contributed by atoms with E-state index >= 15 is 0 Å². The van der Waals surface area contributed by atoms with Crippen molar-refractivity contribution in [3.05, 3.63) is 70.8 Å². The van der Waals surface area contributed by atoms with Crippen molar-refractivity contribution in [3.63, 3.8) is 0 Å². The van der Waals surface area contributed by atoms with Crippen molar-refractivity contribution in [3.8, 4) is 0 Å². The molecule has 0 radical (unpaired) electrons. The van der Waals surface area contributed by atoms with Crippen LogP contribution in [0.5, 0.6) is 0 Å². The molecule has 3 nitrogen and oxygen atoms in total. The molecule has 33 heavy (non-hydrogen) atoms. The van der Waals surface area contributed by atoms with Crippen molar-refractivity contribution in [2.45, 2.75) is 83.3 Å². The van der Waals surface area contributed by atoms with Crippen LogP contribution >= 0.6 is 0 Å². The van der Waals surface area contributed by atoms with Gasteiger partial charge >= 0.3 is 5.97 Å². The van der Waals surface area contributed by atoms with Gasteiger partial charge in [-0.2, -0.15) is 0 Å². The first-order valence-electron chi connectivity index (χ1n) is 12.8. The maximum atomic E-state index is 12.5. The van der Waals surface area contributed by atoms with Crippen molar-refractivity contribution in [2.24, 2.45) is 5.92 Å². The van der Waals surface area contributed by atoms with Gasteiger partial charge < -0.3 is 9.47 Å². The molecule has 2 aliphatic rings. The third-order valence-corrected chi connectivity index (χ3v) is 7.34. The molecule has 0 N–H and O–H groups in total. The standard InChI is InChI=1S/C30H38O3/c1-3-32-28-18-20-29(21-19-28)33-30(31)27-16-10-24(11-17-27)7-6-23-8-14-26(15-9-23)25-12-4-22(2)5-13-25/h6-11,14-17,22,25,28-29H,3-5,12-13,18-21H2,1-2H3. The van der Waals surface area contributed by atoms with Crippen LogP contribution in [0, 0.1) is 5.92 Å². The molecular weight excluding hydrogens is 408 g/mol. The van der Waals surface area contributed by atoms with Gasteiger partial charge in [0.15, 0.2) is 0 Å². The average molecular weight is 447 g/mol. The van der Waals surface area contributed by atoms with E-state index < -0.39 is 0 Å². The minimum atomic E-state index is -0.224. The molecule has 0 saturated heterocycles. The lowest BCUT2D eigenvalue weighted by molar-refractivity contribution is -0.0163. The molecule has 0 amide bonds. The zero-order valence-corrected chi connectivity index (χ0v) is 20.2. The maximum Gasteiger partial charge on any atom is 0.338 e. The van der Waals surface area contributed by atoms with Crippen molar-refractivity contribution in [1.29, 1.82) is 0 Å². The van der Waals surface area contributed by atoms with E-state index in [0.29, 0.717) is 11.7 Å². The maximum absolute atomic E-state index is 12.5. The fraction of sp³-hybridized carbons (Fsp3) is 0.500. The molecule has 2 aliphatic carbocycles. The highest BCUT2D eigenvalue weighted by atomic mass is 16.5. The second kappa shape index (κ2) is 11.7. The van der Waals surface area contributed by atoms with Gasteiger partial charge in [0, 0.05) is 6.61 Å². The van der Waals surface area contributed by atoms with Crippen LogP contribution < -0.4 is 0 Å². The average Bonchev–Trinajstić information content (AvgIpc) is 2.85. The van der Waals surface area contributed by atoms with E-state index in [-0.39, 0.29) is 12.1 Å². The predicted molar refractivity (Wildman–Crippen MR) is 135 cm³/mol. The zero-order chi connectivity index (χ0) is 23.0. The van der Waals surface area contributed by atoms with Crippen LogP contribution in [0.15, 0.2) is 48.5 Å². The van der Waals surface area contributed by atoms with Gasteiger partial charge in [-0.15, -0.1) is 0 Å². The monoisotopic (exact) mass is 446 g/mol. The minimum absolute atomic E-state index is 0.00811. The Kier molecular flexibility index (Phi) is 8.39. The molecule has 0 bridgehead atoms. The van der Waals surface area contributed by atoms with Gasteiger partial charge in [-0.25, -0.2) is 4.79 Å². The van der Waals surface area contributed by atoms with E-state index in [1.54, 1.807) is 0 Å². The predicted octanol–water partition coefficient (Wildman–Crippen LogP) is 7.66. The SMILES string of the molecule is CCOC1CCC(OC(=O)c2ccc(C=Cc3ccc(C4CCC(C)CC4)cc3)cc2)CC1. The molecule has 0 spiro atoms. The molecule has 4 rings (SSSR count). The van der Waals surface area contributed by atoms with E-state index in [4.69, 9.17) is 9.47 Å². The van der Waals surface area contributed by atoms with Gasteiger partial charge in [-0.3, -0.25) is 0 Å². The Balaban J connectivity index is 1.27. The number of carbonyl (C=O) groups is 1. The number of hydrogen-bond acceptors (Lipinski definition) is 3. The summed E-state index contributed by atoms with van der Waals surface area (Å²) in [4.78, 5) is 12.5. The lowest BCUT2D eigenvalue weighted by atomic mass is 9.79. The van der Waals surface area contributed by atoms with Gasteiger partial charge in [0.25, 0.3) is 0 Å². The highest BCUT2D eigenvalue weighted by molar-refractivity contribution is 5.90. The topological polar surface area (TPSA) is 35.5 Å². The van der Waals surface area contributed by atoms with Crippen LogP contribution in [0.25, 0.3) is 12.2 Å². The second-order valence-electron chi connectivity index (χ2n) is 9.84. The molecule has 2 saturated carbocycles. The number of rotatable bonds is 7. The Morgan fingerprint density at radius 1 is 0.788 bits per heavy atom. The van der Waals surface area contributed by atoms with Crippen LogP contribution in [0.2, 0.25) is 0 Å². The fourth-order valence-electron chi connectivity index (χ4n) is 5.17. The Morgan fingerprint density at radius 3 is 1.91 bits per heavy atom. The normalized spacial score (nSPS) is 25.8. The molecule has 2 fully saturated rings. The molecule has 0 unspecified atom stereocenters. The Labute approximate surface area is 199 Å². The number of esters is 1. The summed E-state index contributed by atoms with van der Waals surface area (Å²) in [5.74, 6) is 1.39. The summed E-state index contributed by atoms with van der Waals surface area (Å²) >= 11 is 0. The molecule has 3 heteroatoms. The summed E-state index contributed by atoms with van der Waals surface area (Å²) in [6.45, 7) is 5.15. The third-order valence-electron chi connectivity index (χ3n) is 7.34. The first kappa shape index (κ1) is 23.8. The Hall–Kier alpha value is -2.39. The Morgan fingerprint density at radius 2 is 1.33 bits per heavy atom. The largest absolute Gasteiger partial charge is 0.459 e. The number of carbonyl (C=O) groups excluding carboxylic acids is 1. The summed E-state index contributed by atoms with van der Waals surface area (Å²) in [7, 11) is 0. The van der Waals surface area contributed by atoms with Crippen LogP contribution in [0.4, 0.5) is 0 Å². The fourth-order valence-corrected chi connectivity index (χ4v) is 5.17. The van der Waals surface area contributed by atoms with Gasteiger partial charge in [0.05, 0.1) is 11.7 Å². The molecule has 176 valence electrons. The number of hydrogen-bond donors (Lipinski definition) is 0. The summed E-state index contributed by atoms with van der Waals surface area (Å²) in [6.07, 6.45) is 13.6. The highest BCUT2D eigenvalue weighted by Gasteiger charge is 2.24. The molecule has 2 aromatic rings. The van der Waals surface area contributed by atoms with Crippen LogP contribution in [0.1, 0.15) is 98.2 Å². The highest BCUT2D eigenvalue weighted by Crippen LogP contribution is 2.35. The van der Waals surface area contributed by atoms with Crippen LogP contribution in [-0.2, 0) is 9.47 Å². The summed E-state index contributed by atoms with van der Waals surface area (Å²) in [6, 6.07) is 16.7. The van der Waals surface area contributed by atoms with E-state index in [1.807, 2.05) is 31.2 Å². The van der Waals surface area contributed by atoms with Gasteiger partial charge in [0.2, 0.25) is 0 Å². The smallest absolute Gasteiger partial charge is 0.338 e.